The van der Waals surface area contributed by atoms with E-state index >= 15 is 0 Å². The number of aliphatic hydroxyl groups excluding tert-OH is 1. The van der Waals surface area contributed by atoms with E-state index in [-0.39, 0.29) is 33.0 Å². The first-order valence-corrected chi connectivity index (χ1v) is 21.9. The largest absolute Gasteiger partial charge is 0.497 e. The lowest BCUT2D eigenvalue weighted by Gasteiger charge is -2.47. The molecule has 4 aromatic carbocycles. The van der Waals surface area contributed by atoms with Gasteiger partial charge < -0.3 is 71.4 Å². The third-order valence-corrected chi connectivity index (χ3v) is 11.0. The maximum absolute atomic E-state index is 12.5. The zero-order valence-electron chi connectivity index (χ0n) is 39.1. The van der Waals surface area contributed by atoms with Crippen LogP contribution in [0.4, 0.5) is 0 Å². The molecule has 68 heavy (non-hydrogen) atoms. The number of carbonyl (C=O) groups excluding carboxylic acids is 3. The second-order valence-corrected chi connectivity index (χ2v) is 15.9. The molecule has 0 radical (unpaired) electrons. The number of esters is 3. The van der Waals surface area contributed by atoms with E-state index in [1.807, 2.05) is 97.1 Å². The van der Waals surface area contributed by atoms with Crippen LogP contribution in [0.2, 0.25) is 0 Å². The molecule has 2 aliphatic rings. The summed E-state index contributed by atoms with van der Waals surface area (Å²) in [5, 5.41) is 11.2. The highest BCUT2D eigenvalue weighted by molar-refractivity contribution is 5.68. The molecule has 10 unspecified atom stereocenters. The maximum Gasteiger partial charge on any atom is 0.303 e. The van der Waals surface area contributed by atoms with Gasteiger partial charge in [-0.2, -0.15) is 0 Å². The molecule has 0 bridgehead atoms. The third kappa shape index (κ3) is 14.6. The van der Waals surface area contributed by atoms with Crippen LogP contribution < -0.4 is 18.9 Å². The lowest BCUT2D eigenvalue weighted by Crippen LogP contribution is -2.64. The van der Waals surface area contributed by atoms with E-state index in [4.69, 9.17) is 66.3 Å². The summed E-state index contributed by atoms with van der Waals surface area (Å²) in [6.07, 6.45) is -12.6. The Balaban J connectivity index is 1.37. The highest BCUT2D eigenvalue weighted by Gasteiger charge is 2.53. The first-order chi connectivity index (χ1) is 32.9. The molecule has 4 aromatic rings. The van der Waals surface area contributed by atoms with Crippen LogP contribution in [0.25, 0.3) is 0 Å². The van der Waals surface area contributed by atoms with E-state index in [1.54, 1.807) is 28.4 Å². The lowest BCUT2D eigenvalue weighted by molar-refractivity contribution is -0.343. The molecular formula is C50H60O18. The minimum absolute atomic E-state index is 0.0138. The van der Waals surface area contributed by atoms with Gasteiger partial charge in [-0.25, -0.2) is 0 Å². The molecule has 2 fully saturated rings. The van der Waals surface area contributed by atoms with Gasteiger partial charge in [0.05, 0.1) is 68.1 Å². The molecule has 1 N–H and O–H groups in total. The minimum Gasteiger partial charge on any atom is -0.497 e. The molecular weight excluding hydrogens is 889 g/mol. The Morgan fingerprint density at radius 2 is 0.794 bits per heavy atom. The normalized spacial score (nSPS) is 24.6. The molecule has 0 amide bonds. The fraction of sp³-hybridized carbons (Fsp3) is 0.460. The van der Waals surface area contributed by atoms with Crippen LogP contribution in [0.15, 0.2) is 97.1 Å². The topological polar surface area (TPSA) is 201 Å². The molecule has 0 spiro atoms. The van der Waals surface area contributed by atoms with E-state index in [0.717, 1.165) is 43.0 Å². The highest BCUT2D eigenvalue weighted by Crippen LogP contribution is 2.34. The molecule has 10 atom stereocenters. The number of methoxy groups -OCH3 is 4. The zero-order chi connectivity index (χ0) is 48.6. The second-order valence-electron chi connectivity index (χ2n) is 15.9. The van der Waals surface area contributed by atoms with Crippen molar-refractivity contribution in [1.29, 1.82) is 0 Å². The summed E-state index contributed by atoms with van der Waals surface area (Å²) in [7, 11) is 6.34. The first kappa shape index (κ1) is 51.6. The molecule has 2 aliphatic heterocycles. The second kappa shape index (κ2) is 25.5. The fourth-order valence-corrected chi connectivity index (χ4v) is 7.67. The standard InChI is InChI=1S/C50H60O18/c1-30(51)64-44-42(67-49(54)47(66-32(3)53)46(44)65-31(2)52)29-63-50-48(62-27-36-14-22-40(58-7)23-15-36)45(61-26-35-12-20-39(57-6)21-13-35)43(60-25-34-10-18-38(56-5)19-11-34)41(68-50)28-59-24-33-8-16-37(55-4)17-9-33/h8-23,41-50,54H,24-29H2,1-7H3. The Labute approximate surface area is 395 Å². The summed E-state index contributed by atoms with van der Waals surface area (Å²) >= 11 is 0. The Bertz CT molecular complexity index is 2170. The maximum atomic E-state index is 12.5. The van der Waals surface area contributed by atoms with Crippen molar-refractivity contribution in [2.45, 2.75) is 109 Å². The molecule has 18 heteroatoms. The van der Waals surface area contributed by atoms with E-state index in [9.17, 15) is 19.5 Å². The summed E-state index contributed by atoms with van der Waals surface area (Å²) in [5.41, 5.74) is 3.31. The van der Waals surface area contributed by atoms with Crippen LogP contribution in [0.5, 0.6) is 23.0 Å². The summed E-state index contributed by atoms with van der Waals surface area (Å²) in [4.78, 5) is 37.0. The quantitative estimate of drug-likeness (QED) is 0.0746. The van der Waals surface area contributed by atoms with Crippen LogP contribution in [0, 0.1) is 0 Å². The van der Waals surface area contributed by atoms with Crippen molar-refractivity contribution < 1.29 is 85.8 Å². The van der Waals surface area contributed by atoms with E-state index < -0.39 is 85.9 Å². The van der Waals surface area contributed by atoms with Crippen LogP contribution in [0.3, 0.4) is 0 Å². The summed E-state index contributed by atoms with van der Waals surface area (Å²) in [6, 6.07) is 29.6. The minimum atomic E-state index is -1.83. The van der Waals surface area contributed by atoms with Gasteiger partial charge in [0.15, 0.2) is 30.9 Å². The van der Waals surface area contributed by atoms with Crippen LogP contribution in [-0.2, 0) is 88.2 Å². The van der Waals surface area contributed by atoms with Crippen LogP contribution >= 0.6 is 0 Å². The van der Waals surface area contributed by atoms with Crippen molar-refractivity contribution in [1.82, 2.24) is 0 Å². The van der Waals surface area contributed by atoms with Gasteiger partial charge in [0.1, 0.15) is 53.5 Å². The Kier molecular flexibility index (Phi) is 19.3. The van der Waals surface area contributed by atoms with Gasteiger partial charge in [-0.1, -0.05) is 48.5 Å². The lowest BCUT2D eigenvalue weighted by atomic mass is 9.97. The smallest absolute Gasteiger partial charge is 0.303 e. The van der Waals surface area contributed by atoms with Gasteiger partial charge in [0, 0.05) is 20.8 Å². The molecule has 6 rings (SSSR count). The number of ether oxygens (including phenoxy) is 14. The Morgan fingerprint density at radius 3 is 1.22 bits per heavy atom. The van der Waals surface area contributed by atoms with Crippen molar-refractivity contribution in [2.24, 2.45) is 0 Å². The molecule has 0 aromatic heterocycles. The van der Waals surface area contributed by atoms with Crippen LogP contribution in [0.1, 0.15) is 43.0 Å². The molecule has 0 aliphatic carbocycles. The van der Waals surface area contributed by atoms with Gasteiger partial charge in [-0.3, -0.25) is 14.4 Å². The van der Waals surface area contributed by atoms with Gasteiger partial charge in [-0.05, 0) is 70.8 Å². The third-order valence-electron chi connectivity index (χ3n) is 11.0. The number of carbonyl (C=O) groups is 3. The zero-order valence-corrected chi connectivity index (χ0v) is 39.1. The SMILES string of the molecule is COc1ccc(COCC2OC(OCC3OC(O)C(OC(C)=O)C(OC(C)=O)C3OC(C)=O)C(OCc3ccc(OC)cc3)C(OCc3ccc(OC)cc3)C2OCc2ccc(OC)cc2)cc1. The van der Waals surface area contributed by atoms with Crippen molar-refractivity contribution in [2.75, 3.05) is 41.7 Å². The van der Waals surface area contributed by atoms with Crippen molar-refractivity contribution >= 4 is 17.9 Å². The van der Waals surface area contributed by atoms with Crippen molar-refractivity contribution in [3.63, 3.8) is 0 Å². The summed E-state index contributed by atoms with van der Waals surface area (Å²) in [5.74, 6) is 0.325. The number of benzene rings is 4. The Hall–Kier alpha value is -5.83. The van der Waals surface area contributed by atoms with E-state index in [1.165, 1.54) is 0 Å². The Morgan fingerprint density at radius 1 is 0.426 bits per heavy atom. The predicted octanol–water partition coefficient (Wildman–Crippen LogP) is 5.25. The fourth-order valence-electron chi connectivity index (χ4n) is 7.67. The van der Waals surface area contributed by atoms with Crippen molar-refractivity contribution in [3.05, 3.63) is 119 Å². The number of aliphatic hydroxyl groups is 1. The van der Waals surface area contributed by atoms with E-state index in [0.29, 0.717) is 23.0 Å². The molecule has 0 saturated carbocycles. The molecule has 2 saturated heterocycles. The summed E-state index contributed by atoms with van der Waals surface area (Å²) in [6.45, 7) is 3.42. The highest BCUT2D eigenvalue weighted by atomic mass is 16.7. The average Bonchev–Trinajstić information content (AvgIpc) is 3.34. The molecule has 368 valence electrons. The van der Waals surface area contributed by atoms with Gasteiger partial charge in [-0.15, -0.1) is 0 Å². The first-order valence-electron chi connectivity index (χ1n) is 21.9. The monoisotopic (exact) mass is 948 g/mol. The van der Waals surface area contributed by atoms with Gasteiger partial charge in [0.2, 0.25) is 0 Å². The number of hydrogen-bond acceptors (Lipinski definition) is 18. The average molecular weight is 949 g/mol. The predicted molar refractivity (Wildman–Crippen MR) is 240 cm³/mol. The number of rotatable bonds is 23. The molecule has 18 nitrogen and oxygen atoms in total. The van der Waals surface area contributed by atoms with E-state index in [2.05, 4.69) is 0 Å². The van der Waals surface area contributed by atoms with Crippen LogP contribution in [-0.4, -0.2) is 126 Å². The van der Waals surface area contributed by atoms with Crippen molar-refractivity contribution in [3.8, 4) is 23.0 Å². The van der Waals surface area contributed by atoms with Gasteiger partial charge >= 0.3 is 17.9 Å². The number of hydrogen-bond donors (Lipinski definition) is 1. The van der Waals surface area contributed by atoms with Gasteiger partial charge in [0.25, 0.3) is 0 Å². The molecule has 2 heterocycles. The summed E-state index contributed by atoms with van der Waals surface area (Å²) < 4.78 is 84.0.